The summed E-state index contributed by atoms with van der Waals surface area (Å²) in [7, 11) is 0. The molecular weight excluding hydrogens is 156 g/mol. The molecule has 0 radical (unpaired) electrons. The molecule has 0 fully saturated rings. The molecular formula is C7H6N4O. The first kappa shape index (κ1) is 6.78. The summed E-state index contributed by atoms with van der Waals surface area (Å²) in [6, 6.07) is 1.82. The number of nitrogens with one attached hydrogen (secondary N) is 1. The molecule has 12 heavy (non-hydrogen) atoms. The number of H-pyrrole nitrogens is 1. The predicted molar refractivity (Wildman–Crippen MR) is 43.3 cm³/mol. The topological polar surface area (TPSA) is 74.2 Å². The van der Waals surface area contributed by atoms with Gasteiger partial charge in [0.1, 0.15) is 0 Å². The van der Waals surface area contributed by atoms with Crippen molar-refractivity contribution in [3.05, 3.63) is 24.2 Å². The van der Waals surface area contributed by atoms with E-state index in [1.54, 1.807) is 12.4 Å². The third-order valence-corrected chi connectivity index (χ3v) is 1.55. The molecule has 2 N–H and O–H groups in total. The van der Waals surface area contributed by atoms with Crippen LogP contribution in [0.4, 0.5) is 0 Å². The summed E-state index contributed by atoms with van der Waals surface area (Å²) in [5.74, 6) is 0. The summed E-state index contributed by atoms with van der Waals surface area (Å²) in [4.78, 5) is 2.98. The van der Waals surface area contributed by atoms with Crippen molar-refractivity contribution in [2.75, 3.05) is 0 Å². The van der Waals surface area contributed by atoms with Gasteiger partial charge in [-0.05, 0) is 6.07 Å². The molecule has 0 unspecified atom stereocenters. The van der Waals surface area contributed by atoms with Crippen LogP contribution in [-0.4, -0.2) is 26.6 Å². The molecule has 0 aromatic carbocycles. The van der Waals surface area contributed by atoms with Gasteiger partial charge in [-0.1, -0.05) is 5.16 Å². The minimum Gasteiger partial charge on any atom is -0.411 e. The standard InChI is InChI=1S/C7H6N4O/c12-10-3-6-1-5-2-8-9-4-7(5)11-6/h1-4,11-12H. The lowest BCUT2D eigenvalue weighted by Gasteiger charge is -1.82. The van der Waals surface area contributed by atoms with E-state index in [1.807, 2.05) is 6.07 Å². The second-order valence-electron chi connectivity index (χ2n) is 2.33. The molecule has 0 aliphatic heterocycles. The minimum absolute atomic E-state index is 0.724. The van der Waals surface area contributed by atoms with Gasteiger partial charge >= 0.3 is 0 Å². The van der Waals surface area contributed by atoms with E-state index in [0.29, 0.717) is 0 Å². The Hall–Kier alpha value is -1.91. The highest BCUT2D eigenvalue weighted by Gasteiger charge is 1.97. The van der Waals surface area contributed by atoms with E-state index in [9.17, 15) is 0 Å². The Bertz CT molecular complexity index is 387. The summed E-state index contributed by atoms with van der Waals surface area (Å²) in [6.45, 7) is 0. The van der Waals surface area contributed by atoms with Crippen molar-refractivity contribution < 1.29 is 5.21 Å². The van der Waals surface area contributed by atoms with Crippen molar-refractivity contribution >= 4 is 17.1 Å². The molecule has 60 valence electrons. The van der Waals surface area contributed by atoms with Gasteiger partial charge in [-0.15, -0.1) is 0 Å². The first-order valence-electron chi connectivity index (χ1n) is 3.37. The maximum atomic E-state index is 8.26. The summed E-state index contributed by atoms with van der Waals surface area (Å²) in [5, 5.41) is 19.5. The number of aromatic amines is 1. The first-order chi connectivity index (χ1) is 5.90. The quantitative estimate of drug-likeness (QED) is 0.369. The largest absolute Gasteiger partial charge is 0.411 e. The summed E-state index contributed by atoms with van der Waals surface area (Å²) in [6.07, 6.45) is 4.57. The second-order valence-corrected chi connectivity index (χ2v) is 2.33. The van der Waals surface area contributed by atoms with E-state index < -0.39 is 0 Å². The highest BCUT2D eigenvalue weighted by Crippen LogP contribution is 2.10. The van der Waals surface area contributed by atoms with Crippen LogP contribution in [0, 0.1) is 0 Å². The highest BCUT2D eigenvalue weighted by molar-refractivity contribution is 5.88. The van der Waals surface area contributed by atoms with Gasteiger partial charge in [0.15, 0.2) is 0 Å². The van der Waals surface area contributed by atoms with Gasteiger partial charge in [0.05, 0.1) is 29.8 Å². The Balaban J connectivity index is 2.62. The molecule has 0 aliphatic rings. The smallest absolute Gasteiger partial charge is 0.0896 e. The lowest BCUT2D eigenvalue weighted by molar-refractivity contribution is 0.321. The zero-order chi connectivity index (χ0) is 8.39. The maximum Gasteiger partial charge on any atom is 0.0896 e. The van der Waals surface area contributed by atoms with E-state index >= 15 is 0 Å². The molecule has 0 saturated carbocycles. The van der Waals surface area contributed by atoms with Crippen molar-refractivity contribution in [3.63, 3.8) is 0 Å². The molecule has 2 aromatic heterocycles. The van der Waals surface area contributed by atoms with E-state index in [1.165, 1.54) is 6.21 Å². The lowest BCUT2D eigenvalue weighted by Crippen LogP contribution is -1.78. The lowest BCUT2D eigenvalue weighted by atomic mass is 10.3. The molecule has 0 atom stereocenters. The maximum absolute atomic E-state index is 8.26. The first-order valence-corrected chi connectivity index (χ1v) is 3.37. The fraction of sp³-hybridized carbons (Fsp3) is 0. The van der Waals surface area contributed by atoms with Gasteiger partial charge in [-0.3, -0.25) is 0 Å². The highest BCUT2D eigenvalue weighted by atomic mass is 16.4. The Kier molecular flexibility index (Phi) is 1.48. The molecule has 0 bridgehead atoms. The van der Waals surface area contributed by atoms with Crippen LogP contribution in [0.1, 0.15) is 5.69 Å². The Morgan fingerprint density at radius 2 is 2.25 bits per heavy atom. The summed E-state index contributed by atoms with van der Waals surface area (Å²) in [5.41, 5.74) is 1.60. The molecule has 2 heterocycles. The molecule has 5 nitrogen and oxygen atoms in total. The van der Waals surface area contributed by atoms with Gasteiger partial charge < -0.3 is 10.2 Å². The summed E-state index contributed by atoms with van der Waals surface area (Å²) >= 11 is 0. The number of fused-ring (bicyclic) bond motifs is 1. The van der Waals surface area contributed by atoms with E-state index in [0.717, 1.165) is 16.6 Å². The molecule has 2 rings (SSSR count). The van der Waals surface area contributed by atoms with Crippen LogP contribution in [0.2, 0.25) is 0 Å². The van der Waals surface area contributed by atoms with Crippen LogP contribution in [0.5, 0.6) is 0 Å². The predicted octanol–water partition coefficient (Wildman–Crippen LogP) is 0.766. The van der Waals surface area contributed by atoms with Crippen molar-refractivity contribution in [3.8, 4) is 0 Å². The van der Waals surface area contributed by atoms with Crippen molar-refractivity contribution in [2.24, 2.45) is 5.16 Å². The molecule has 5 heteroatoms. The molecule has 0 aliphatic carbocycles. The van der Waals surface area contributed by atoms with Gasteiger partial charge in [0.25, 0.3) is 0 Å². The average Bonchev–Trinajstić information content (AvgIpc) is 2.47. The Morgan fingerprint density at radius 3 is 3.00 bits per heavy atom. The van der Waals surface area contributed by atoms with E-state index in [-0.39, 0.29) is 0 Å². The van der Waals surface area contributed by atoms with Crippen molar-refractivity contribution in [1.29, 1.82) is 0 Å². The Labute approximate surface area is 67.7 Å². The number of nitrogens with zero attached hydrogens (tertiary/aromatic N) is 3. The van der Waals surface area contributed by atoms with Crippen LogP contribution < -0.4 is 0 Å². The van der Waals surface area contributed by atoms with E-state index in [4.69, 9.17) is 5.21 Å². The minimum atomic E-state index is 0.724. The average molecular weight is 162 g/mol. The van der Waals surface area contributed by atoms with Crippen LogP contribution >= 0.6 is 0 Å². The second kappa shape index (κ2) is 2.61. The number of hydrogen-bond acceptors (Lipinski definition) is 4. The SMILES string of the molecule is ON=Cc1cc2cnncc2[nH]1. The number of oxime groups is 1. The van der Waals surface area contributed by atoms with Crippen LogP contribution in [0.15, 0.2) is 23.6 Å². The summed E-state index contributed by atoms with van der Waals surface area (Å²) < 4.78 is 0. The van der Waals surface area contributed by atoms with Gasteiger partial charge in [0.2, 0.25) is 0 Å². The number of aromatic nitrogens is 3. The van der Waals surface area contributed by atoms with E-state index in [2.05, 4.69) is 20.3 Å². The van der Waals surface area contributed by atoms with Crippen LogP contribution in [0.25, 0.3) is 10.9 Å². The van der Waals surface area contributed by atoms with Gasteiger partial charge in [-0.25, -0.2) is 0 Å². The van der Waals surface area contributed by atoms with Gasteiger partial charge in [-0.2, -0.15) is 10.2 Å². The third-order valence-electron chi connectivity index (χ3n) is 1.55. The normalized spacial score (nSPS) is 11.3. The number of rotatable bonds is 1. The monoisotopic (exact) mass is 162 g/mol. The fourth-order valence-corrected chi connectivity index (χ4v) is 1.04. The molecule has 0 spiro atoms. The van der Waals surface area contributed by atoms with Gasteiger partial charge in [0, 0.05) is 5.39 Å². The van der Waals surface area contributed by atoms with Crippen molar-refractivity contribution in [2.45, 2.75) is 0 Å². The Morgan fingerprint density at radius 1 is 1.42 bits per heavy atom. The van der Waals surface area contributed by atoms with Crippen molar-refractivity contribution in [1.82, 2.24) is 15.2 Å². The number of hydrogen-bond donors (Lipinski definition) is 2. The third kappa shape index (κ3) is 1.01. The van der Waals surface area contributed by atoms with Crippen LogP contribution in [-0.2, 0) is 0 Å². The zero-order valence-corrected chi connectivity index (χ0v) is 6.10. The van der Waals surface area contributed by atoms with Crippen LogP contribution in [0.3, 0.4) is 0 Å². The molecule has 0 saturated heterocycles. The molecule has 2 aromatic rings. The molecule has 0 amide bonds. The zero-order valence-electron chi connectivity index (χ0n) is 6.10. The fourth-order valence-electron chi connectivity index (χ4n) is 1.04.